The van der Waals surface area contributed by atoms with Crippen LogP contribution in [0.2, 0.25) is 0 Å². The van der Waals surface area contributed by atoms with Crippen molar-refractivity contribution in [3.63, 3.8) is 0 Å². The molecule has 1 aliphatic rings. The molecule has 7 heteroatoms. The van der Waals surface area contributed by atoms with Crippen molar-refractivity contribution in [2.24, 2.45) is 0 Å². The number of ether oxygens (including phenoxy) is 2. The first-order chi connectivity index (χ1) is 14.0. The van der Waals surface area contributed by atoms with Gasteiger partial charge in [0.25, 0.3) is 5.78 Å². The minimum atomic E-state index is -1.07. The first-order valence-electron chi connectivity index (χ1n) is 8.60. The fourth-order valence-electron chi connectivity index (χ4n) is 2.85. The molecule has 0 spiro atoms. The third-order valence-electron chi connectivity index (χ3n) is 4.27. The molecule has 29 heavy (non-hydrogen) atoms. The summed E-state index contributed by atoms with van der Waals surface area (Å²) in [6.45, 7) is 0. The first kappa shape index (κ1) is 19.8. The third-order valence-corrected chi connectivity index (χ3v) is 4.27. The lowest BCUT2D eigenvalue weighted by Crippen LogP contribution is -2.31. The highest BCUT2D eigenvalue weighted by molar-refractivity contribution is 6.58. The fourth-order valence-corrected chi connectivity index (χ4v) is 2.85. The van der Waals surface area contributed by atoms with E-state index in [0.29, 0.717) is 5.75 Å². The van der Waals surface area contributed by atoms with E-state index in [9.17, 15) is 19.2 Å². The second-order valence-electron chi connectivity index (χ2n) is 5.99. The SMILES string of the molecule is COC(=O)C1=C(C(=O)/C=C/c2ccccc2)C(=O)C(=O)N1c1ccc(OC)cc1. The lowest BCUT2D eigenvalue weighted by molar-refractivity contribution is -0.136. The van der Waals surface area contributed by atoms with E-state index in [0.717, 1.165) is 23.6 Å². The summed E-state index contributed by atoms with van der Waals surface area (Å²) in [6.07, 6.45) is 2.65. The number of nitrogens with zero attached hydrogens (tertiary/aromatic N) is 1. The minimum absolute atomic E-state index is 0.236. The van der Waals surface area contributed by atoms with Gasteiger partial charge in [0, 0.05) is 5.69 Å². The van der Waals surface area contributed by atoms with Crippen LogP contribution in [0.1, 0.15) is 5.56 Å². The predicted molar refractivity (Wildman–Crippen MR) is 105 cm³/mol. The molecule has 7 nitrogen and oxygen atoms in total. The van der Waals surface area contributed by atoms with Crippen LogP contribution in [0.5, 0.6) is 5.75 Å². The van der Waals surface area contributed by atoms with Crippen molar-refractivity contribution in [2.45, 2.75) is 0 Å². The zero-order chi connectivity index (χ0) is 21.0. The maximum atomic E-state index is 12.7. The molecule has 0 radical (unpaired) electrons. The quantitative estimate of drug-likeness (QED) is 0.325. The van der Waals surface area contributed by atoms with Crippen LogP contribution in [0.15, 0.2) is 71.9 Å². The average Bonchev–Trinajstić information content (AvgIpc) is 3.03. The van der Waals surface area contributed by atoms with Crippen LogP contribution in [-0.4, -0.2) is 37.7 Å². The van der Waals surface area contributed by atoms with E-state index >= 15 is 0 Å². The molecule has 1 heterocycles. The number of amides is 1. The topological polar surface area (TPSA) is 90.0 Å². The molecule has 0 atom stereocenters. The summed E-state index contributed by atoms with van der Waals surface area (Å²) in [5.74, 6) is -3.27. The van der Waals surface area contributed by atoms with E-state index in [1.807, 2.05) is 6.07 Å². The van der Waals surface area contributed by atoms with Crippen molar-refractivity contribution in [1.29, 1.82) is 0 Å². The molecule has 0 fully saturated rings. The molecule has 0 bridgehead atoms. The molecule has 3 rings (SSSR count). The molecule has 146 valence electrons. The summed E-state index contributed by atoms with van der Waals surface area (Å²) in [4.78, 5) is 51.1. The second-order valence-corrected chi connectivity index (χ2v) is 5.99. The number of anilines is 1. The van der Waals surface area contributed by atoms with Crippen LogP contribution in [0.3, 0.4) is 0 Å². The van der Waals surface area contributed by atoms with Crippen LogP contribution in [-0.2, 0) is 23.9 Å². The predicted octanol–water partition coefficient (Wildman–Crippen LogP) is 2.32. The fraction of sp³-hybridized carbons (Fsp3) is 0.0909. The number of hydrogen-bond acceptors (Lipinski definition) is 6. The van der Waals surface area contributed by atoms with Crippen molar-refractivity contribution in [1.82, 2.24) is 0 Å². The molecule has 2 aromatic carbocycles. The smallest absolute Gasteiger partial charge is 0.356 e. The third kappa shape index (κ3) is 3.84. The molecule has 2 aromatic rings. The van der Waals surface area contributed by atoms with E-state index in [2.05, 4.69) is 0 Å². The molecule has 0 saturated heterocycles. The Labute approximate surface area is 166 Å². The lowest BCUT2D eigenvalue weighted by atomic mass is 10.1. The van der Waals surface area contributed by atoms with E-state index in [1.54, 1.807) is 36.4 Å². The lowest BCUT2D eigenvalue weighted by Gasteiger charge is -2.18. The number of benzene rings is 2. The van der Waals surface area contributed by atoms with Gasteiger partial charge in [-0.25, -0.2) is 4.79 Å². The Morgan fingerprint density at radius 2 is 1.59 bits per heavy atom. The number of allylic oxidation sites excluding steroid dienone is 1. The summed E-state index contributed by atoms with van der Waals surface area (Å²) in [7, 11) is 2.59. The maximum absolute atomic E-state index is 12.7. The summed E-state index contributed by atoms with van der Waals surface area (Å²) < 4.78 is 9.80. The largest absolute Gasteiger partial charge is 0.497 e. The molecular weight excluding hydrogens is 374 g/mol. The summed E-state index contributed by atoms with van der Waals surface area (Å²) in [5.41, 5.74) is 0.0319. The maximum Gasteiger partial charge on any atom is 0.356 e. The van der Waals surface area contributed by atoms with Gasteiger partial charge in [-0.3, -0.25) is 19.3 Å². The van der Waals surface area contributed by atoms with Crippen LogP contribution in [0, 0.1) is 0 Å². The normalized spacial score (nSPS) is 13.9. The van der Waals surface area contributed by atoms with Crippen molar-refractivity contribution >= 4 is 35.2 Å². The molecule has 1 amide bonds. The molecule has 0 saturated carbocycles. The summed E-state index contributed by atoms with van der Waals surface area (Å²) in [5, 5.41) is 0. The Kier molecular flexibility index (Phi) is 5.69. The number of carbonyl (C=O) groups excluding carboxylic acids is 4. The molecule has 0 aromatic heterocycles. The van der Waals surface area contributed by atoms with Crippen LogP contribution >= 0.6 is 0 Å². The van der Waals surface area contributed by atoms with Crippen molar-refractivity contribution < 1.29 is 28.7 Å². The number of methoxy groups -OCH3 is 2. The van der Waals surface area contributed by atoms with Gasteiger partial charge in [0.2, 0.25) is 0 Å². The molecule has 0 unspecified atom stereocenters. The standard InChI is InChI=1S/C22H17NO6/c1-28-16-11-9-15(10-12-16)23-19(22(27)29-2)18(20(25)21(23)26)17(24)13-8-14-6-4-3-5-7-14/h3-13H,1-2H3/b13-8+. The van der Waals surface area contributed by atoms with Crippen molar-refractivity contribution in [3.05, 3.63) is 77.5 Å². The van der Waals surface area contributed by atoms with Gasteiger partial charge in [-0.15, -0.1) is 0 Å². The van der Waals surface area contributed by atoms with Gasteiger partial charge < -0.3 is 9.47 Å². The highest BCUT2D eigenvalue weighted by Gasteiger charge is 2.45. The zero-order valence-corrected chi connectivity index (χ0v) is 15.7. The van der Waals surface area contributed by atoms with Crippen LogP contribution in [0.4, 0.5) is 5.69 Å². The Morgan fingerprint density at radius 1 is 0.931 bits per heavy atom. The number of hydrogen-bond donors (Lipinski definition) is 0. The second kappa shape index (κ2) is 8.35. The van der Waals surface area contributed by atoms with Crippen molar-refractivity contribution in [2.75, 3.05) is 19.1 Å². The Balaban J connectivity index is 2.05. The number of ketones is 2. The Hall–Kier alpha value is -4.00. The minimum Gasteiger partial charge on any atom is -0.497 e. The van der Waals surface area contributed by atoms with Gasteiger partial charge in [-0.1, -0.05) is 36.4 Å². The van der Waals surface area contributed by atoms with Crippen molar-refractivity contribution in [3.8, 4) is 5.75 Å². The average molecular weight is 391 g/mol. The summed E-state index contributed by atoms with van der Waals surface area (Å²) >= 11 is 0. The number of esters is 1. The molecular formula is C22H17NO6. The van der Waals surface area contributed by atoms with Crippen LogP contribution < -0.4 is 9.64 Å². The van der Waals surface area contributed by atoms with Crippen LogP contribution in [0.25, 0.3) is 6.08 Å². The van der Waals surface area contributed by atoms with E-state index in [-0.39, 0.29) is 5.69 Å². The molecule has 0 aliphatic carbocycles. The number of carbonyl (C=O) groups is 4. The Bertz CT molecular complexity index is 1030. The Morgan fingerprint density at radius 3 is 2.17 bits per heavy atom. The van der Waals surface area contributed by atoms with E-state index in [1.165, 1.54) is 25.3 Å². The zero-order valence-electron chi connectivity index (χ0n) is 15.7. The van der Waals surface area contributed by atoms with Gasteiger partial charge in [0.1, 0.15) is 11.3 Å². The van der Waals surface area contributed by atoms with Gasteiger partial charge in [0.15, 0.2) is 11.5 Å². The van der Waals surface area contributed by atoms with Gasteiger partial charge >= 0.3 is 11.9 Å². The highest BCUT2D eigenvalue weighted by atomic mass is 16.5. The monoisotopic (exact) mass is 391 g/mol. The number of rotatable bonds is 6. The number of Topliss-reactive ketones (excluding diaryl/α,β-unsaturated/α-hetero) is 1. The first-order valence-corrected chi connectivity index (χ1v) is 8.60. The van der Waals surface area contributed by atoms with Gasteiger partial charge in [-0.05, 0) is 35.9 Å². The van der Waals surface area contributed by atoms with E-state index < -0.39 is 34.7 Å². The van der Waals surface area contributed by atoms with Gasteiger partial charge in [0.05, 0.1) is 14.2 Å². The summed E-state index contributed by atoms with van der Waals surface area (Å²) in [6, 6.07) is 15.1. The molecule has 1 aliphatic heterocycles. The van der Waals surface area contributed by atoms with Gasteiger partial charge in [-0.2, -0.15) is 0 Å². The highest BCUT2D eigenvalue weighted by Crippen LogP contribution is 2.31. The van der Waals surface area contributed by atoms with E-state index in [4.69, 9.17) is 9.47 Å². The molecule has 0 N–H and O–H groups in total.